The van der Waals surface area contributed by atoms with E-state index in [1.807, 2.05) is 18.2 Å². The van der Waals surface area contributed by atoms with E-state index in [1.54, 1.807) is 7.11 Å². The van der Waals surface area contributed by atoms with Crippen LogP contribution in [0, 0.1) is 0 Å². The van der Waals surface area contributed by atoms with Crippen molar-refractivity contribution in [2.45, 2.75) is 38.4 Å². The van der Waals surface area contributed by atoms with Crippen LogP contribution in [-0.2, 0) is 19.0 Å². The topological polar surface area (TPSA) is 74.0 Å². The first kappa shape index (κ1) is 18.5. The van der Waals surface area contributed by atoms with Crippen LogP contribution < -0.4 is 10.6 Å². The van der Waals surface area contributed by atoms with E-state index in [-0.39, 0.29) is 30.5 Å². The molecule has 3 atom stereocenters. The second kappa shape index (κ2) is 8.35. The molecule has 0 bridgehead atoms. The molecule has 2 N–H and O–H groups in total. The molecule has 2 rings (SSSR count). The van der Waals surface area contributed by atoms with E-state index in [2.05, 4.69) is 18.7 Å². The average Bonchev–Trinajstić information content (AvgIpc) is 2.53. The summed E-state index contributed by atoms with van der Waals surface area (Å²) in [5.41, 5.74) is 9.00. The molecule has 1 aromatic rings. The molecule has 0 radical (unpaired) electrons. The van der Waals surface area contributed by atoms with Crippen LogP contribution in [0.3, 0.4) is 0 Å². The molecular formula is C18H28N2O4. The van der Waals surface area contributed by atoms with Gasteiger partial charge in [0.25, 0.3) is 0 Å². The molecule has 0 spiro atoms. The van der Waals surface area contributed by atoms with Gasteiger partial charge in [0.05, 0.1) is 43.7 Å². The zero-order valence-electron chi connectivity index (χ0n) is 15.0. The Kier molecular flexibility index (Phi) is 6.45. The standard InChI is InChI=1S/C18H28N2O4/c1-12-9-20(10-13(2)24-12)17-6-5-14(7-16(17)19)15(11-22-3)8-18(21)23-4/h5-7,12-13,15H,8-11,19H2,1-4H3/t12-,13+,15?. The fourth-order valence-electron chi connectivity index (χ4n) is 3.25. The van der Waals surface area contributed by atoms with Crippen molar-refractivity contribution in [3.05, 3.63) is 23.8 Å². The summed E-state index contributed by atoms with van der Waals surface area (Å²) < 4.78 is 15.8. The summed E-state index contributed by atoms with van der Waals surface area (Å²) in [6.45, 7) is 6.21. The van der Waals surface area contributed by atoms with Crippen LogP contribution in [0.25, 0.3) is 0 Å². The Hall–Kier alpha value is -1.79. The number of anilines is 2. The summed E-state index contributed by atoms with van der Waals surface area (Å²) in [4.78, 5) is 13.9. The van der Waals surface area contributed by atoms with E-state index >= 15 is 0 Å². The number of nitrogens with two attached hydrogens (primary N) is 1. The highest BCUT2D eigenvalue weighted by molar-refractivity contribution is 5.72. The fourth-order valence-corrected chi connectivity index (χ4v) is 3.25. The maximum absolute atomic E-state index is 11.6. The first-order valence-corrected chi connectivity index (χ1v) is 8.30. The molecule has 1 aromatic carbocycles. The number of nitrogen functional groups attached to an aromatic ring is 1. The van der Waals surface area contributed by atoms with Gasteiger partial charge in [0, 0.05) is 26.1 Å². The van der Waals surface area contributed by atoms with Gasteiger partial charge in [-0.25, -0.2) is 0 Å². The molecule has 6 heteroatoms. The molecule has 1 aliphatic rings. The van der Waals surface area contributed by atoms with E-state index in [4.69, 9.17) is 19.9 Å². The predicted molar refractivity (Wildman–Crippen MR) is 94.3 cm³/mol. The Morgan fingerprint density at radius 1 is 1.33 bits per heavy atom. The number of carbonyl (C=O) groups excluding carboxylic acids is 1. The second-order valence-corrected chi connectivity index (χ2v) is 6.41. The normalized spacial score (nSPS) is 22.2. The summed E-state index contributed by atoms with van der Waals surface area (Å²) in [5, 5.41) is 0. The molecule has 6 nitrogen and oxygen atoms in total. The Balaban J connectivity index is 2.19. The molecule has 1 heterocycles. The van der Waals surface area contributed by atoms with Crippen molar-refractivity contribution in [1.29, 1.82) is 0 Å². The van der Waals surface area contributed by atoms with Gasteiger partial charge in [-0.15, -0.1) is 0 Å². The number of nitrogens with zero attached hydrogens (tertiary/aromatic N) is 1. The van der Waals surface area contributed by atoms with Gasteiger partial charge in [0.2, 0.25) is 0 Å². The lowest BCUT2D eigenvalue weighted by molar-refractivity contribution is -0.141. The zero-order chi connectivity index (χ0) is 17.7. The molecular weight excluding hydrogens is 308 g/mol. The minimum atomic E-state index is -0.254. The van der Waals surface area contributed by atoms with Crippen molar-refractivity contribution >= 4 is 17.3 Å². The van der Waals surface area contributed by atoms with Crippen molar-refractivity contribution in [3.8, 4) is 0 Å². The van der Waals surface area contributed by atoms with Crippen molar-refractivity contribution in [2.75, 3.05) is 44.5 Å². The van der Waals surface area contributed by atoms with Crippen LogP contribution in [0.15, 0.2) is 18.2 Å². The number of hydrogen-bond donors (Lipinski definition) is 1. The maximum Gasteiger partial charge on any atom is 0.306 e. The lowest BCUT2D eigenvalue weighted by atomic mass is 9.95. The molecule has 134 valence electrons. The van der Waals surface area contributed by atoms with E-state index in [0.717, 1.165) is 24.3 Å². The minimum Gasteiger partial charge on any atom is -0.469 e. The maximum atomic E-state index is 11.6. The predicted octanol–water partition coefficient (Wildman–Crippen LogP) is 2.18. The van der Waals surface area contributed by atoms with Crippen LogP contribution in [0.4, 0.5) is 11.4 Å². The summed E-state index contributed by atoms with van der Waals surface area (Å²) >= 11 is 0. The quantitative estimate of drug-likeness (QED) is 0.634. The minimum absolute atomic E-state index is 0.0682. The van der Waals surface area contributed by atoms with E-state index in [0.29, 0.717) is 12.3 Å². The number of rotatable bonds is 6. The fraction of sp³-hybridized carbons (Fsp3) is 0.611. The largest absolute Gasteiger partial charge is 0.469 e. The monoisotopic (exact) mass is 336 g/mol. The molecule has 1 unspecified atom stereocenters. The Labute approximate surface area is 143 Å². The number of ether oxygens (including phenoxy) is 3. The summed E-state index contributed by atoms with van der Waals surface area (Å²) in [7, 11) is 3.02. The number of esters is 1. The molecule has 0 aliphatic carbocycles. The zero-order valence-corrected chi connectivity index (χ0v) is 15.0. The highest BCUT2D eigenvalue weighted by Crippen LogP contribution is 2.31. The van der Waals surface area contributed by atoms with Crippen LogP contribution >= 0.6 is 0 Å². The lowest BCUT2D eigenvalue weighted by Crippen LogP contribution is -2.45. The van der Waals surface area contributed by atoms with E-state index in [1.165, 1.54) is 7.11 Å². The van der Waals surface area contributed by atoms with Gasteiger partial charge in [-0.1, -0.05) is 6.07 Å². The third-order valence-electron chi connectivity index (χ3n) is 4.29. The van der Waals surface area contributed by atoms with Crippen molar-refractivity contribution in [3.63, 3.8) is 0 Å². The Morgan fingerprint density at radius 3 is 2.54 bits per heavy atom. The van der Waals surface area contributed by atoms with E-state index in [9.17, 15) is 4.79 Å². The third kappa shape index (κ3) is 4.61. The third-order valence-corrected chi connectivity index (χ3v) is 4.29. The van der Waals surface area contributed by atoms with Crippen molar-refractivity contribution < 1.29 is 19.0 Å². The average molecular weight is 336 g/mol. The lowest BCUT2D eigenvalue weighted by Gasteiger charge is -2.37. The Bertz CT molecular complexity index is 554. The molecule has 1 fully saturated rings. The molecule has 0 amide bonds. The number of methoxy groups -OCH3 is 2. The highest BCUT2D eigenvalue weighted by atomic mass is 16.5. The van der Waals surface area contributed by atoms with Crippen LogP contribution in [-0.4, -0.2) is 52.1 Å². The van der Waals surface area contributed by atoms with Crippen LogP contribution in [0.1, 0.15) is 31.7 Å². The second-order valence-electron chi connectivity index (χ2n) is 6.41. The van der Waals surface area contributed by atoms with Gasteiger partial charge < -0.3 is 24.8 Å². The highest BCUT2D eigenvalue weighted by Gasteiger charge is 2.24. The number of hydrogen-bond acceptors (Lipinski definition) is 6. The first-order chi connectivity index (χ1) is 11.4. The van der Waals surface area contributed by atoms with Gasteiger partial charge in [0.1, 0.15) is 0 Å². The van der Waals surface area contributed by atoms with Gasteiger partial charge in [-0.05, 0) is 31.5 Å². The SMILES string of the molecule is COCC(CC(=O)OC)c1ccc(N2C[C@@H](C)O[C@@H](C)C2)c(N)c1. The molecule has 24 heavy (non-hydrogen) atoms. The number of carbonyl (C=O) groups is 1. The van der Waals surface area contributed by atoms with Crippen molar-refractivity contribution in [1.82, 2.24) is 0 Å². The van der Waals surface area contributed by atoms with Gasteiger partial charge in [-0.3, -0.25) is 4.79 Å². The van der Waals surface area contributed by atoms with Crippen LogP contribution in [0.2, 0.25) is 0 Å². The summed E-state index contributed by atoms with van der Waals surface area (Å²) in [5.74, 6) is -0.322. The smallest absolute Gasteiger partial charge is 0.306 e. The summed E-state index contributed by atoms with van der Waals surface area (Å²) in [6, 6.07) is 5.98. The molecule has 0 saturated carbocycles. The first-order valence-electron chi connectivity index (χ1n) is 8.30. The number of morpholine rings is 1. The number of benzene rings is 1. The molecule has 0 aromatic heterocycles. The van der Waals surface area contributed by atoms with Gasteiger partial charge in [-0.2, -0.15) is 0 Å². The van der Waals surface area contributed by atoms with Gasteiger partial charge in [0.15, 0.2) is 0 Å². The molecule has 1 saturated heterocycles. The van der Waals surface area contributed by atoms with Crippen molar-refractivity contribution in [2.24, 2.45) is 0 Å². The van der Waals surface area contributed by atoms with Gasteiger partial charge >= 0.3 is 5.97 Å². The van der Waals surface area contributed by atoms with E-state index < -0.39 is 0 Å². The molecule has 1 aliphatic heterocycles. The Morgan fingerprint density at radius 2 is 2.00 bits per heavy atom. The summed E-state index contributed by atoms with van der Waals surface area (Å²) in [6.07, 6.45) is 0.621. The van der Waals surface area contributed by atoms with Crippen LogP contribution in [0.5, 0.6) is 0 Å².